The zero-order chi connectivity index (χ0) is 18.9. The van der Waals surface area contributed by atoms with Crippen molar-refractivity contribution < 1.29 is 13.2 Å². The Morgan fingerprint density at radius 3 is 2.15 bits per heavy atom. The van der Waals surface area contributed by atoms with Crippen molar-refractivity contribution in [3.05, 3.63) is 84.4 Å². The third-order valence-corrected chi connectivity index (χ3v) is 4.12. The number of aromatic nitrogens is 2. The van der Waals surface area contributed by atoms with Crippen LogP contribution in [0.3, 0.4) is 0 Å². The van der Waals surface area contributed by atoms with Gasteiger partial charge in [-0.3, -0.25) is 0 Å². The molecule has 4 aromatic rings. The fraction of sp³-hybridized carbons (Fsp3) is 0.0476. The van der Waals surface area contributed by atoms with Crippen LogP contribution in [0.5, 0.6) is 0 Å². The summed E-state index contributed by atoms with van der Waals surface area (Å²) in [4.78, 5) is 9.05. The molecule has 6 heteroatoms. The van der Waals surface area contributed by atoms with Gasteiger partial charge in [0.25, 0.3) is 0 Å². The molecule has 0 radical (unpaired) electrons. The van der Waals surface area contributed by atoms with Crippen molar-refractivity contribution in [2.24, 2.45) is 0 Å². The molecule has 0 bridgehead atoms. The summed E-state index contributed by atoms with van der Waals surface area (Å²) in [6, 6.07) is 21.9. The Labute approximate surface area is 153 Å². The van der Waals surface area contributed by atoms with Crippen molar-refractivity contribution in [1.29, 1.82) is 0 Å². The predicted molar refractivity (Wildman–Crippen MR) is 99.7 cm³/mol. The molecule has 0 spiro atoms. The molecule has 0 unspecified atom stereocenters. The van der Waals surface area contributed by atoms with Crippen molar-refractivity contribution >= 4 is 22.4 Å². The number of benzene rings is 3. The summed E-state index contributed by atoms with van der Waals surface area (Å²) in [7, 11) is 0. The molecule has 0 fully saturated rings. The van der Waals surface area contributed by atoms with E-state index in [1.165, 1.54) is 12.1 Å². The average molecular weight is 365 g/mol. The molecule has 1 N–H and O–H groups in total. The minimum atomic E-state index is -4.46. The minimum absolute atomic E-state index is 0.0483. The minimum Gasteiger partial charge on any atom is -0.339 e. The lowest BCUT2D eigenvalue weighted by Gasteiger charge is -2.15. The Kier molecular flexibility index (Phi) is 4.24. The highest BCUT2D eigenvalue weighted by Gasteiger charge is 2.33. The lowest BCUT2D eigenvalue weighted by molar-refractivity contribution is -0.136. The molecule has 0 aliphatic carbocycles. The molecule has 3 nitrogen and oxygen atoms in total. The topological polar surface area (TPSA) is 37.8 Å². The Morgan fingerprint density at radius 1 is 0.704 bits per heavy atom. The second kappa shape index (κ2) is 6.72. The number of nitrogens with zero attached hydrogens (tertiary/aromatic N) is 2. The summed E-state index contributed by atoms with van der Waals surface area (Å²) in [6.45, 7) is 0. The molecule has 0 aliphatic rings. The fourth-order valence-corrected chi connectivity index (χ4v) is 2.86. The molecule has 0 saturated heterocycles. The second-order valence-electron chi connectivity index (χ2n) is 5.95. The number of alkyl halides is 3. The predicted octanol–water partition coefficient (Wildman–Crippen LogP) is 6.06. The van der Waals surface area contributed by atoms with Gasteiger partial charge in [-0.15, -0.1) is 0 Å². The number of para-hydroxylation sites is 2. The number of rotatable bonds is 3. The lowest BCUT2D eigenvalue weighted by Crippen LogP contribution is -2.09. The van der Waals surface area contributed by atoms with Crippen LogP contribution < -0.4 is 5.32 Å². The average Bonchev–Trinajstić information content (AvgIpc) is 2.68. The Bertz CT molecular complexity index is 1090. The number of halogens is 3. The van der Waals surface area contributed by atoms with Gasteiger partial charge in [0, 0.05) is 10.9 Å². The van der Waals surface area contributed by atoms with Gasteiger partial charge in [0.15, 0.2) is 5.82 Å². The van der Waals surface area contributed by atoms with E-state index in [1.54, 1.807) is 18.2 Å². The van der Waals surface area contributed by atoms with Crippen molar-refractivity contribution in [2.75, 3.05) is 5.32 Å². The zero-order valence-electron chi connectivity index (χ0n) is 14.0. The highest BCUT2D eigenvalue weighted by atomic mass is 19.4. The van der Waals surface area contributed by atoms with E-state index in [0.717, 1.165) is 11.6 Å². The summed E-state index contributed by atoms with van der Waals surface area (Å²) in [5, 5.41) is 3.51. The Balaban J connectivity index is 1.87. The van der Waals surface area contributed by atoms with Crippen LogP contribution in [0.4, 0.5) is 24.7 Å². The Morgan fingerprint density at radius 2 is 1.37 bits per heavy atom. The second-order valence-corrected chi connectivity index (χ2v) is 5.95. The van der Waals surface area contributed by atoms with Gasteiger partial charge in [0.1, 0.15) is 5.82 Å². The fourth-order valence-electron chi connectivity index (χ4n) is 2.86. The zero-order valence-corrected chi connectivity index (χ0v) is 14.0. The molecule has 3 aromatic carbocycles. The smallest absolute Gasteiger partial charge is 0.339 e. The summed E-state index contributed by atoms with van der Waals surface area (Å²) >= 11 is 0. The Hall–Kier alpha value is -3.41. The van der Waals surface area contributed by atoms with Crippen molar-refractivity contribution in [3.63, 3.8) is 0 Å². The van der Waals surface area contributed by atoms with Crippen molar-refractivity contribution in [2.45, 2.75) is 6.18 Å². The van der Waals surface area contributed by atoms with Gasteiger partial charge in [0.2, 0.25) is 0 Å². The summed E-state index contributed by atoms with van der Waals surface area (Å²) in [5.41, 5.74) is 0.649. The molecule has 1 aromatic heterocycles. The highest BCUT2D eigenvalue weighted by Crippen LogP contribution is 2.36. The van der Waals surface area contributed by atoms with Crippen molar-refractivity contribution in [1.82, 2.24) is 9.97 Å². The van der Waals surface area contributed by atoms with E-state index in [2.05, 4.69) is 15.3 Å². The van der Waals surface area contributed by atoms with Gasteiger partial charge in [-0.25, -0.2) is 9.97 Å². The first-order chi connectivity index (χ1) is 13.0. The summed E-state index contributed by atoms with van der Waals surface area (Å²) in [6.07, 6.45) is -4.46. The van der Waals surface area contributed by atoms with Crippen LogP contribution in [0.15, 0.2) is 78.9 Å². The van der Waals surface area contributed by atoms with Gasteiger partial charge in [-0.2, -0.15) is 13.2 Å². The van der Waals surface area contributed by atoms with Gasteiger partial charge < -0.3 is 5.32 Å². The summed E-state index contributed by atoms with van der Waals surface area (Å²) < 4.78 is 40.0. The molecule has 0 atom stereocenters. The highest BCUT2D eigenvalue weighted by molar-refractivity contribution is 5.92. The van der Waals surface area contributed by atoms with E-state index in [-0.39, 0.29) is 5.69 Å². The molecule has 4 rings (SSSR count). The van der Waals surface area contributed by atoms with Crippen LogP contribution in [0.25, 0.3) is 22.3 Å². The van der Waals surface area contributed by atoms with Crippen LogP contribution in [0.1, 0.15) is 5.56 Å². The van der Waals surface area contributed by atoms with Gasteiger partial charge in [0.05, 0.1) is 16.8 Å². The molecule has 0 aliphatic heterocycles. The largest absolute Gasteiger partial charge is 0.418 e. The van der Waals surface area contributed by atoms with Gasteiger partial charge in [-0.1, -0.05) is 54.6 Å². The maximum absolute atomic E-state index is 13.3. The monoisotopic (exact) mass is 365 g/mol. The molecule has 27 heavy (non-hydrogen) atoms. The maximum atomic E-state index is 13.3. The maximum Gasteiger partial charge on any atom is 0.418 e. The van der Waals surface area contributed by atoms with Crippen LogP contribution in [-0.4, -0.2) is 9.97 Å². The number of hydrogen-bond acceptors (Lipinski definition) is 3. The standard InChI is InChI=1S/C21H14F3N3/c22-21(23,24)16-11-5-7-13-18(16)26-20-15-10-4-6-12-17(15)25-19(27-20)14-8-2-1-3-9-14/h1-13H,(H,25,26,27). The van der Waals surface area contributed by atoms with Gasteiger partial charge >= 0.3 is 6.18 Å². The van der Waals surface area contributed by atoms with Crippen LogP contribution >= 0.6 is 0 Å². The van der Waals surface area contributed by atoms with Crippen molar-refractivity contribution in [3.8, 4) is 11.4 Å². The molecular formula is C21H14F3N3. The number of hydrogen-bond donors (Lipinski definition) is 1. The van der Waals surface area contributed by atoms with E-state index >= 15 is 0 Å². The molecule has 1 heterocycles. The quantitative estimate of drug-likeness (QED) is 0.480. The lowest BCUT2D eigenvalue weighted by atomic mass is 10.1. The molecule has 0 amide bonds. The van der Waals surface area contributed by atoms with E-state index in [4.69, 9.17) is 0 Å². The third-order valence-electron chi connectivity index (χ3n) is 4.12. The molecule has 134 valence electrons. The van der Waals surface area contributed by atoms with Crippen LogP contribution in [0, 0.1) is 0 Å². The molecule has 0 saturated carbocycles. The van der Waals surface area contributed by atoms with Crippen LogP contribution in [0.2, 0.25) is 0 Å². The van der Waals surface area contributed by atoms with Gasteiger partial charge in [-0.05, 0) is 24.3 Å². The first-order valence-electron chi connectivity index (χ1n) is 8.28. The van der Waals surface area contributed by atoms with Crippen LogP contribution in [-0.2, 0) is 6.18 Å². The van der Waals surface area contributed by atoms with E-state index < -0.39 is 11.7 Å². The first-order valence-corrected chi connectivity index (χ1v) is 8.28. The first kappa shape index (κ1) is 17.0. The van der Waals surface area contributed by atoms with E-state index in [1.807, 2.05) is 42.5 Å². The third kappa shape index (κ3) is 3.46. The number of anilines is 2. The number of nitrogens with one attached hydrogen (secondary N) is 1. The SMILES string of the molecule is FC(F)(F)c1ccccc1Nc1nc(-c2ccccc2)nc2ccccc12. The van der Waals surface area contributed by atoms with E-state index in [0.29, 0.717) is 22.5 Å². The summed E-state index contributed by atoms with van der Waals surface area (Å²) in [5.74, 6) is 0.775. The molecular weight excluding hydrogens is 351 g/mol. The number of fused-ring (bicyclic) bond motifs is 1. The normalized spacial score (nSPS) is 11.5. The van der Waals surface area contributed by atoms with E-state index in [9.17, 15) is 13.2 Å².